The van der Waals surface area contributed by atoms with Crippen LogP contribution in [0, 0.1) is 10.1 Å². The van der Waals surface area contributed by atoms with E-state index in [9.17, 15) is 14.9 Å². The summed E-state index contributed by atoms with van der Waals surface area (Å²) in [6.07, 6.45) is 2.68. The number of nitro benzene ring substituents is 1. The van der Waals surface area contributed by atoms with Crippen molar-refractivity contribution in [1.29, 1.82) is 0 Å². The molecule has 2 rings (SSSR count). The van der Waals surface area contributed by atoms with Crippen LogP contribution in [-0.2, 0) is 0 Å². The van der Waals surface area contributed by atoms with Gasteiger partial charge in [0, 0.05) is 17.8 Å². The Hall–Kier alpha value is -3.35. The second-order valence-electron chi connectivity index (χ2n) is 4.94. The third kappa shape index (κ3) is 4.81. The minimum Gasteiger partial charge on any atom is -0.497 e. The van der Waals surface area contributed by atoms with Gasteiger partial charge in [0.25, 0.3) is 5.69 Å². The van der Waals surface area contributed by atoms with Crippen LogP contribution in [0.5, 0.6) is 11.5 Å². The lowest BCUT2D eigenvalue weighted by Gasteiger charge is -2.06. The number of nitro groups is 1. The van der Waals surface area contributed by atoms with E-state index in [0.29, 0.717) is 23.7 Å². The van der Waals surface area contributed by atoms with Crippen LogP contribution < -0.4 is 14.8 Å². The summed E-state index contributed by atoms with van der Waals surface area (Å²) in [6.45, 7) is 2.21. The highest BCUT2D eigenvalue weighted by Crippen LogP contribution is 2.29. The molecule has 0 unspecified atom stereocenters. The van der Waals surface area contributed by atoms with E-state index in [2.05, 4.69) is 5.32 Å². The number of anilines is 1. The molecule has 0 radical (unpaired) electrons. The molecule has 0 aliphatic rings. The van der Waals surface area contributed by atoms with E-state index in [1.54, 1.807) is 44.4 Å². The van der Waals surface area contributed by atoms with Crippen molar-refractivity contribution in [3.63, 3.8) is 0 Å². The molecule has 130 valence electrons. The predicted molar refractivity (Wildman–Crippen MR) is 94.4 cm³/mol. The molecular formula is C18H18N2O5. The first-order valence-electron chi connectivity index (χ1n) is 7.58. The molecule has 0 saturated heterocycles. The summed E-state index contributed by atoms with van der Waals surface area (Å²) in [6, 6.07) is 11.2. The first kappa shape index (κ1) is 18.0. The van der Waals surface area contributed by atoms with Crippen LogP contribution >= 0.6 is 0 Å². The Labute approximate surface area is 145 Å². The first-order valence-corrected chi connectivity index (χ1v) is 7.58. The molecule has 0 aliphatic heterocycles. The molecule has 0 spiro atoms. The number of nitrogens with one attached hydrogen (secondary N) is 1. The van der Waals surface area contributed by atoms with E-state index in [0.717, 1.165) is 0 Å². The van der Waals surface area contributed by atoms with E-state index in [1.165, 1.54) is 24.4 Å². The summed E-state index contributed by atoms with van der Waals surface area (Å²) in [5.74, 6) is 0.838. The minimum absolute atomic E-state index is 0.132. The van der Waals surface area contributed by atoms with E-state index in [1.807, 2.05) is 0 Å². The van der Waals surface area contributed by atoms with Crippen molar-refractivity contribution in [3.05, 3.63) is 70.4 Å². The first-order chi connectivity index (χ1) is 12.0. The van der Waals surface area contributed by atoms with Crippen molar-refractivity contribution < 1.29 is 19.2 Å². The van der Waals surface area contributed by atoms with Crippen LogP contribution in [0.2, 0.25) is 0 Å². The molecule has 2 aromatic rings. The third-order valence-corrected chi connectivity index (χ3v) is 3.32. The number of hydrogen-bond acceptors (Lipinski definition) is 6. The molecular weight excluding hydrogens is 324 g/mol. The molecule has 0 heterocycles. The van der Waals surface area contributed by atoms with Gasteiger partial charge in [0.1, 0.15) is 17.2 Å². The SMILES string of the molecule is CCOc1ccc(NC=CC(=O)c2ccc(OC)cc2)c([N+](=O)[O-])c1. The Morgan fingerprint density at radius 1 is 1.20 bits per heavy atom. The standard InChI is InChI=1S/C18H18N2O5/c1-3-25-15-8-9-16(17(12-15)20(22)23)19-11-10-18(21)13-4-6-14(24-2)7-5-13/h4-12,19H,3H2,1-2H3. The molecule has 25 heavy (non-hydrogen) atoms. The van der Waals surface area contributed by atoms with Crippen LogP contribution in [0.15, 0.2) is 54.7 Å². The van der Waals surface area contributed by atoms with Gasteiger partial charge < -0.3 is 14.8 Å². The highest BCUT2D eigenvalue weighted by Gasteiger charge is 2.14. The number of allylic oxidation sites excluding steroid dienone is 1. The molecule has 2 aromatic carbocycles. The van der Waals surface area contributed by atoms with Crippen molar-refractivity contribution in [2.24, 2.45) is 0 Å². The Morgan fingerprint density at radius 2 is 1.88 bits per heavy atom. The van der Waals surface area contributed by atoms with Gasteiger partial charge in [-0.15, -0.1) is 0 Å². The fourth-order valence-electron chi connectivity index (χ4n) is 2.10. The van der Waals surface area contributed by atoms with Gasteiger partial charge in [-0.2, -0.15) is 0 Å². The third-order valence-electron chi connectivity index (χ3n) is 3.32. The fraction of sp³-hybridized carbons (Fsp3) is 0.167. The number of nitrogens with zero attached hydrogens (tertiary/aromatic N) is 1. The van der Waals surface area contributed by atoms with Crippen molar-refractivity contribution in [3.8, 4) is 11.5 Å². The summed E-state index contributed by atoms with van der Waals surface area (Å²) in [5, 5.41) is 13.9. The number of methoxy groups -OCH3 is 1. The second kappa shape index (κ2) is 8.49. The van der Waals surface area contributed by atoms with Gasteiger partial charge in [-0.05, 0) is 43.3 Å². The van der Waals surface area contributed by atoms with Gasteiger partial charge in [0.05, 0.1) is 24.7 Å². The molecule has 0 aromatic heterocycles. The van der Waals surface area contributed by atoms with Crippen molar-refractivity contribution >= 4 is 17.2 Å². The highest BCUT2D eigenvalue weighted by atomic mass is 16.6. The van der Waals surface area contributed by atoms with Crippen molar-refractivity contribution in [1.82, 2.24) is 0 Å². The Kier molecular flexibility index (Phi) is 6.11. The summed E-state index contributed by atoms with van der Waals surface area (Å²) in [4.78, 5) is 22.7. The van der Waals surface area contributed by atoms with Gasteiger partial charge in [-0.25, -0.2) is 0 Å². The van der Waals surface area contributed by atoms with Gasteiger partial charge in [0.15, 0.2) is 5.78 Å². The van der Waals surface area contributed by atoms with Crippen LogP contribution in [-0.4, -0.2) is 24.4 Å². The van der Waals surface area contributed by atoms with Crippen molar-refractivity contribution in [2.75, 3.05) is 19.0 Å². The lowest BCUT2D eigenvalue weighted by Crippen LogP contribution is -2.00. The number of hydrogen-bond donors (Lipinski definition) is 1. The van der Waals surface area contributed by atoms with Gasteiger partial charge >= 0.3 is 0 Å². The zero-order valence-electron chi connectivity index (χ0n) is 13.9. The zero-order chi connectivity index (χ0) is 18.2. The maximum absolute atomic E-state index is 12.1. The average Bonchev–Trinajstić information content (AvgIpc) is 2.62. The number of rotatable bonds is 8. The fourth-order valence-corrected chi connectivity index (χ4v) is 2.10. The average molecular weight is 342 g/mol. The lowest BCUT2D eigenvalue weighted by molar-refractivity contribution is -0.384. The molecule has 0 saturated carbocycles. The van der Waals surface area contributed by atoms with Crippen LogP contribution in [0.4, 0.5) is 11.4 Å². The topological polar surface area (TPSA) is 90.7 Å². The number of ether oxygens (including phenoxy) is 2. The minimum atomic E-state index is -0.510. The summed E-state index contributed by atoms with van der Waals surface area (Å²) >= 11 is 0. The van der Waals surface area contributed by atoms with E-state index < -0.39 is 4.92 Å². The molecule has 0 bridgehead atoms. The Morgan fingerprint density at radius 3 is 2.48 bits per heavy atom. The number of carbonyl (C=O) groups excluding carboxylic acids is 1. The summed E-state index contributed by atoms with van der Waals surface area (Å²) < 4.78 is 10.3. The van der Waals surface area contributed by atoms with E-state index in [-0.39, 0.29) is 17.2 Å². The molecule has 1 N–H and O–H groups in total. The van der Waals surface area contributed by atoms with Gasteiger partial charge in [-0.1, -0.05) is 0 Å². The Bertz CT molecular complexity index is 785. The second-order valence-corrected chi connectivity index (χ2v) is 4.94. The van der Waals surface area contributed by atoms with Crippen LogP contribution in [0.25, 0.3) is 0 Å². The van der Waals surface area contributed by atoms with Gasteiger partial charge in [0.2, 0.25) is 0 Å². The number of carbonyl (C=O) groups is 1. The summed E-state index contributed by atoms with van der Waals surface area (Å²) in [5.41, 5.74) is 0.625. The number of ketones is 1. The van der Waals surface area contributed by atoms with Crippen LogP contribution in [0.3, 0.4) is 0 Å². The Balaban J connectivity index is 2.09. The molecule has 0 aliphatic carbocycles. The normalized spacial score (nSPS) is 10.5. The molecule has 7 nitrogen and oxygen atoms in total. The smallest absolute Gasteiger partial charge is 0.296 e. The molecule has 0 amide bonds. The molecule has 7 heteroatoms. The van der Waals surface area contributed by atoms with Crippen molar-refractivity contribution in [2.45, 2.75) is 6.92 Å². The van der Waals surface area contributed by atoms with E-state index in [4.69, 9.17) is 9.47 Å². The van der Waals surface area contributed by atoms with E-state index >= 15 is 0 Å². The monoisotopic (exact) mass is 342 g/mol. The zero-order valence-corrected chi connectivity index (χ0v) is 13.9. The molecule has 0 atom stereocenters. The highest BCUT2D eigenvalue weighted by molar-refractivity contribution is 6.04. The van der Waals surface area contributed by atoms with Gasteiger partial charge in [-0.3, -0.25) is 14.9 Å². The maximum Gasteiger partial charge on any atom is 0.296 e. The molecule has 0 fully saturated rings. The summed E-state index contributed by atoms with van der Waals surface area (Å²) in [7, 11) is 1.55. The largest absolute Gasteiger partial charge is 0.497 e. The van der Waals surface area contributed by atoms with Crippen LogP contribution in [0.1, 0.15) is 17.3 Å². The lowest BCUT2D eigenvalue weighted by atomic mass is 10.1. The predicted octanol–water partition coefficient (Wildman–Crippen LogP) is 3.81. The quantitative estimate of drug-likeness (QED) is 0.339. The maximum atomic E-state index is 12.1. The number of benzene rings is 2.